The van der Waals surface area contributed by atoms with Crippen molar-refractivity contribution >= 4 is 11.6 Å². The number of methoxy groups -OCH3 is 2. The van der Waals surface area contributed by atoms with E-state index in [0.29, 0.717) is 30.5 Å². The molecule has 158 valence electrons. The van der Waals surface area contributed by atoms with Gasteiger partial charge < -0.3 is 14.8 Å². The molecule has 0 radical (unpaired) electrons. The van der Waals surface area contributed by atoms with Crippen molar-refractivity contribution in [1.82, 2.24) is 24.8 Å². The molecule has 3 heterocycles. The number of likely N-dealkylation sites (tertiary alicyclic amines) is 1. The van der Waals surface area contributed by atoms with Gasteiger partial charge in [0.15, 0.2) is 17.1 Å². The second-order valence-corrected chi connectivity index (χ2v) is 7.50. The molecule has 8 nitrogen and oxygen atoms in total. The molecular weight excluding hydrogens is 382 g/mol. The van der Waals surface area contributed by atoms with Gasteiger partial charge in [-0.25, -0.2) is 0 Å². The molecule has 1 fully saturated rings. The Balaban J connectivity index is 1.26. The second kappa shape index (κ2) is 9.13. The molecule has 8 heteroatoms. The minimum absolute atomic E-state index is 0.0242. The quantitative estimate of drug-likeness (QED) is 0.645. The molecule has 0 unspecified atom stereocenters. The molecule has 1 amide bonds. The van der Waals surface area contributed by atoms with Gasteiger partial charge in [-0.05, 0) is 55.8 Å². The first-order valence-electron chi connectivity index (χ1n) is 10.2. The topological polar surface area (TPSA) is 81.0 Å². The Morgan fingerprint density at radius 2 is 1.90 bits per heavy atom. The highest BCUT2D eigenvalue weighted by atomic mass is 16.5. The molecule has 0 aliphatic carbocycles. The van der Waals surface area contributed by atoms with Gasteiger partial charge in [-0.2, -0.15) is 0 Å². The van der Waals surface area contributed by atoms with E-state index in [1.54, 1.807) is 14.2 Å². The molecule has 2 aromatic heterocycles. The van der Waals surface area contributed by atoms with Gasteiger partial charge in [0.05, 0.1) is 20.8 Å². The summed E-state index contributed by atoms with van der Waals surface area (Å²) in [6, 6.07) is 11.6. The van der Waals surface area contributed by atoms with Gasteiger partial charge in [0.2, 0.25) is 5.91 Å². The van der Waals surface area contributed by atoms with Crippen LogP contribution in [0, 0.1) is 0 Å². The SMILES string of the molecule is COc1ccc(CNC(=O)CN2CCC(c3nnc4ccccn34)CC2)cc1OC. The van der Waals surface area contributed by atoms with E-state index < -0.39 is 0 Å². The number of pyridine rings is 1. The minimum Gasteiger partial charge on any atom is -0.493 e. The van der Waals surface area contributed by atoms with Crippen molar-refractivity contribution in [3.8, 4) is 11.5 Å². The number of hydrogen-bond acceptors (Lipinski definition) is 6. The number of rotatable bonds is 7. The Kier molecular flexibility index (Phi) is 6.13. The van der Waals surface area contributed by atoms with Gasteiger partial charge in [0, 0.05) is 18.7 Å². The maximum atomic E-state index is 12.4. The van der Waals surface area contributed by atoms with Gasteiger partial charge in [0.1, 0.15) is 5.82 Å². The van der Waals surface area contributed by atoms with Crippen LogP contribution in [0.5, 0.6) is 11.5 Å². The highest BCUT2D eigenvalue weighted by Crippen LogP contribution is 2.28. The first-order valence-corrected chi connectivity index (χ1v) is 10.2. The molecule has 0 bridgehead atoms. The third-order valence-electron chi connectivity index (χ3n) is 5.60. The van der Waals surface area contributed by atoms with Crippen LogP contribution in [-0.4, -0.2) is 59.3 Å². The predicted molar refractivity (Wildman–Crippen MR) is 113 cm³/mol. The zero-order chi connectivity index (χ0) is 20.9. The zero-order valence-corrected chi connectivity index (χ0v) is 17.4. The number of fused-ring (bicyclic) bond motifs is 1. The third-order valence-corrected chi connectivity index (χ3v) is 5.60. The van der Waals surface area contributed by atoms with Crippen molar-refractivity contribution in [1.29, 1.82) is 0 Å². The summed E-state index contributed by atoms with van der Waals surface area (Å²) in [4.78, 5) is 14.6. The summed E-state index contributed by atoms with van der Waals surface area (Å²) in [5, 5.41) is 11.6. The van der Waals surface area contributed by atoms with Crippen LogP contribution in [0.15, 0.2) is 42.6 Å². The van der Waals surface area contributed by atoms with E-state index in [1.165, 1.54) is 0 Å². The van der Waals surface area contributed by atoms with Crippen molar-refractivity contribution in [2.75, 3.05) is 33.9 Å². The zero-order valence-electron chi connectivity index (χ0n) is 17.4. The fourth-order valence-electron chi connectivity index (χ4n) is 3.94. The molecule has 0 saturated carbocycles. The Morgan fingerprint density at radius 1 is 1.10 bits per heavy atom. The van der Waals surface area contributed by atoms with E-state index in [2.05, 4.69) is 24.8 Å². The van der Waals surface area contributed by atoms with E-state index in [1.807, 2.05) is 42.6 Å². The lowest BCUT2D eigenvalue weighted by Crippen LogP contribution is -2.41. The highest BCUT2D eigenvalue weighted by molar-refractivity contribution is 5.78. The molecule has 1 N–H and O–H groups in total. The average Bonchev–Trinajstić information content (AvgIpc) is 3.22. The number of benzene rings is 1. The summed E-state index contributed by atoms with van der Waals surface area (Å²) in [6.45, 7) is 2.61. The number of nitrogens with zero attached hydrogens (tertiary/aromatic N) is 4. The number of piperidine rings is 1. The van der Waals surface area contributed by atoms with Crippen LogP contribution in [0.1, 0.15) is 30.1 Å². The summed E-state index contributed by atoms with van der Waals surface area (Å²) >= 11 is 0. The highest BCUT2D eigenvalue weighted by Gasteiger charge is 2.25. The molecule has 1 saturated heterocycles. The Labute approximate surface area is 175 Å². The number of aromatic nitrogens is 3. The fourth-order valence-corrected chi connectivity index (χ4v) is 3.94. The van der Waals surface area contributed by atoms with Crippen LogP contribution in [0.25, 0.3) is 5.65 Å². The van der Waals surface area contributed by atoms with Crippen LogP contribution >= 0.6 is 0 Å². The van der Waals surface area contributed by atoms with Crippen molar-refractivity contribution < 1.29 is 14.3 Å². The van der Waals surface area contributed by atoms with Gasteiger partial charge >= 0.3 is 0 Å². The first kappa shape index (κ1) is 20.2. The van der Waals surface area contributed by atoms with Gasteiger partial charge in [-0.15, -0.1) is 10.2 Å². The normalized spacial score (nSPS) is 15.3. The monoisotopic (exact) mass is 409 g/mol. The van der Waals surface area contributed by atoms with E-state index in [0.717, 1.165) is 43.0 Å². The molecule has 3 aromatic rings. The Bertz CT molecular complexity index is 1010. The molecule has 4 rings (SSSR count). The first-order chi connectivity index (χ1) is 14.7. The molecule has 1 aromatic carbocycles. The lowest BCUT2D eigenvalue weighted by Gasteiger charge is -2.30. The van der Waals surface area contributed by atoms with Crippen LogP contribution in [0.4, 0.5) is 0 Å². The van der Waals surface area contributed by atoms with Crippen LogP contribution in [-0.2, 0) is 11.3 Å². The maximum absolute atomic E-state index is 12.4. The van der Waals surface area contributed by atoms with E-state index in [-0.39, 0.29) is 5.91 Å². The average molecular weight is 409 g/mol. The lowest BCUT2D eigenvalue weighted by atomic mass is 9.96. The number of amides is 1. The smallest absolute Gasteiger partial charge is 0.234 e. The number of hydrogen-bond donors (Lipinski definition) is 1. The van der Waals surface area contributed by atoms with Crippen LogP contribution in [0.3, 0.4) is 0 Å². The number of carbonyl (C=O) groups excluding carboxylic acids is 1. The lowest BCUT2D eigenvalue weighted by molar-refractivity contribution is -0.122. The molecule has 0 atom stereocenters. The van der Waals surface area contributed by atoms with Crippen molar-refractivity contribution in [3.05, 3.63) is 54.0 Å². The summed E-state index contributed by atoms with van der Waals surface area (Å²) < 4.78 is 12.6. The molecule has 1 aliphatic heterocycles. The summed E-state index contributed by atoms with van der Waals surface area (Å²) in [5.41, 5.74) is 1.85. The predicted octanol–water partition coefficient (Wildman–Crippen LogP) is 2.24. The van der Waals surface area contributed by atoms with Crippen LogP contribution in [0.2, 0.25) is 0 Å². The van der Waals surface area contributed by atoms with Gasteiger partial charge in [0.25, 0.3) is 0 Å². The molecular formula is C22H27N5O3. The van der Waals surface area contributed by atoms with Gasteiger partial charge in [-0.1, -0.05) is 12.1 Å². The Morgan fingerprint density at radius 3 is 2.67 bits per heavy atom. The second-order valence-electron chi connectivity index (χ2n) is 7.50. The van der Waals surface area contributed by atoms with E-state index in [4.69, 9.17) is 9.47 Å². The van der Waals surface area contributed by atoms with E-state index in [9.17, 15) is 4.79 Å². The summed E-state index contributed by atoms with van der Waals surface area (Å²) in [7, 11) is 3.21. The van der Waals surface area contributed by atoms with Crippen LogP contribution < -0.4 is 14.8 Å². The van der Waals surface area contributed by atoms with E-state index >= 15 is 0 Å². The minimum atomic E-state index is 0.0242. The summed E-state index contributed by atoms with van der Waals surface area (Å²) in [6.07, 6.45) is 3.95. The largest absolute Gasteiger partial charge is 0.493 e. The molecule has 30 heavy (non-hydrogen) atoms. The maximum Gasteiger partial charge on any atom is 0.234 e. The molecule has 1 aliphatic rings. The number of carbonyl (C=O) groups is 1. The summed E-state index contributed by atoms with van der Waals surface area (Å²) in [5.74, 6) is 2.75. The molecule has 0 spiro atoms. The third kappa shape index (κ3) is 4.38. The van der Waals surface area contributed by atoms with Crippen molar-refractivity contribution in [3.63, 3.8) is 0 Å². The van der Waals surface area contributed by atoms with Gasteiger partial charge in [-0.3, -0.25) is 14.1 Å². The number of nitrogens with one attached hydrogen (secondary N) is 1. The van der Waals surface area contributed by atoms with Crippen molar-refractivity contribution in [2.24, 2.45) is 0 Å². The van der Waals surface area contributed by atoms with Crippen molar-refractivity contribution in [2.45, 2.75) is 25.3 Å². The number of ether oxygens (including phenoxy) is 2. The standard InChI is InChI=1S/C22H27N5O3/c1-29-18-7-6-16(13-19(18)30-2)14-23-21(28)15-26-11-8-17(9-12-26)22-25-24-20-5-3-4-10-27(20)22/h3-7,10,13,17H,8-9,11-12,14-15H2,1-2H3,(H,23,28). The Hall–Kier alpha value is -3.13. The fraction of sp³-hybridized carbons (Fsp3) is 0.409.